The molecule has 3 rings (SSSR count). The van der Waals surface area contributed by atoms with Gasteiger partial charge in [0.1, 0.15) is 0 Å². The lowest BCUT2D eigenvalue weighted by Gasteiger charge is -2.09. The second-order valence-corrected chi connectivity index (χ2v) is 7.67. The molecule has 0 unspecified atom stereocenters. The van der Waals surface area contributed by atoms with Gasteiger partial charge >= 0.3 is 6.18 Å². The third-order valence-electron chi connectivity index (χ3n) is 3.75. The normalized spacial score (nSPS) is 11.9. The molecule has 3 aromatic rings. The summed E-state index contributed by atoms with van der Waals surface area (Å²) in [6, 6.07) is 13.7. The Hall–Kier alpha value is -2.52. The number of nitrogen functional groups attached to an aromatic ring is 1. The zero-order chi connectivity index (χ0) is 19.1. The lowest BCUT2D eigenvalue weighted by atomic mass is 10.1. The molecule has 1 heterocycles. The Morgan fingerprint density at radius 1 is 1.00 bits per heavy atom. The SMILES string of the molecule is CS(=O)(=O)c1ccc(-n2nc(C(F)(F)F)c(N)c2-c2ccccc2)cc1.Cl. The monoisotopic (exact) mass is 417 g/mol. The molecular weight excluding hydrogens is 403 g/mol. The highest BCUT2D eigenvalue weighted by molar-refractivity contribution is 7.90. The zero-order valence-corrected chi connectivity index (χ0v) is 15.6. The molecule has 0 atom stereocenters. The maximum absolute atomic E-state index is 13.3. The molecular formula is C17H15ClF3N3O2S. The number of anilines is 1. The van der Waals surface area contributed by atoms with Crippen molar-refractivity contribution in [2.45, 2.75) is 11.1 Å². The van der Waals surface area contributed by atoms with Crippen LogP contribution in [0.3, 0.4) is 0 Å². The molecule has 0 fully saturated rings. The Kier molecular flexibility index (Phi) is 5.58. The summed E-state index contributed by atoms with van der Waals surface area (Å²) >= 11 is 0. The van der Waals surface area contributed by atoms with Gasteiger partial charge < -0.3 is 5.73 Å². The van der Waals surface area contributed by atoms with Crippen molar-refractivity contribution >= 4 is 27.9 Å². The van der Waals surface area contributed by atoms with Crippen LogP contribution in [-0.2, 0) is 16.0 Å². The van der Waals surface area contributed by atoms with Crippen molar-refractivity contribution in [3.8, 4) is 16.9 Å². The van der Waals surface area contributed by atoms with Crippen LogP contribution in [0.15, 0.2) is 59.5 Å². The third-order valence-corrected chi connectivity index (χ3v) is 4.88. The minimum atomic E-state index is -4.72. The van der Waals surface area contributed by atoms with E-state index in [1.165, 1.54) is 24.3 Å². The van der Waals surface area contributed by atoms with E-state index in [0.717, 1.165) is 10.9 Å². The second kappa shape index (κ2) is 7.24. The number of hydrogen-bond donors (Lipinski definition) is 1. The molecule has 144 valence electrons. The fraction of sp³-hybridized carbons (Fsp3) is 0.118. The van der Waals surface area contributed by atoms with Crippen LogP contribution < -0.4 is 5.73 Å². The Labute approximate surface area is 159 Å². The second-order valence-electron chi connectivity index (χ2n) is 5.65. The standard InChI is InChI=1S/C17H14F3N3O2S.ClH/c1-26(24,25)13-9-7-12(8-10-13)23-15(11-5-3-2-4-6-11)14(21)16(22-23)17(18,19)20;/h2-10H,21H2,1H3;1H. The number of nitrogens with zero attached hydrogens (tertiary/aromatic N) is 2. The minimum absolute atomic E-state index is 0. The average Bonchev–Trinajstić information content (AvgIpc) is 2.92. The number of halogens is 4. The molecule has 27 heavy (non-hydrogen) atoms. The van der Waals surface area contributed by atoms with E-state index in [1.54, 1.807) is 30.3 Å². The number of rotatable bonds is 3. The summed E-state index contributed by atoms with van der Waals surface area (Å²) in [5.74, 6) is 0. The number of benzene rings is 2. The average molecular weight is 418 g/mol. The van der Waals surface area contributed by atoms with Gasteiger partial charge in [0.25, 0.3) is 0 Å². The summed E-state index contributed by atoms with van der Waals surface area (Å²) in [5.41, 5.74) is 4.89. The van der Waals surface area contributed by atoms with Crippen molar-refractivity contribution in [3.05, 3.63) is 60.3 Å². The number of alkyl halides is 3. The lowest BCUT2D eigenvalue weighted by Crippen LogP contribution is -2.09. The Balaban J connectivity index is 0.00000261. The van der Waals surface area contributed by atoms with Crippen molar-refractivity contribution in [3.63, 3.8) is 0 Å². The van der Waals surface area contributed by atoms with Gasteiger partial charge in [-0.3, -0.25) is 0 Å². The van der Waals surface area contributed by atoms with E-state index < -0.39 is 27.4 Å². The van der Waals surface area contributed by atoms with Crippen LogP contribution in [0.25, 0.3) is 16.9 Å². The third kappa shape index (κ3) is 4.09. The molecule has 0 saturated carbocycles. The van der Waals surface area contributed by atoms with Crippen molar-refractivity contribution < 1.29 is 21.6 Å². The van der Waals surface area contributed by atoms with Crippen LogP contribution in [0.1, 0.15) is 5.69 Å². The number of sulfone groups is 1. The van der Waals surface area contributed by atoms with E-state index in [0.29, 0.717) is 5.56 Å². The summed E-state index contributed by atoms with van der Waals surface area (Å²) in [4.78, 5) is 0.0543. The molecule has 2 N–H and O–H groups in total. The summed E-state index contributed by atoms with van der Waals surface area (Å²) in [7, 11) is -3.42. The highest BCUT2D eigenvalue weighted by Gasteiger charge is 2.39. The molecule has 0 bridgehead atoms. The molecule has 5 nitrogen and oxygen atoms in total. The van der Waals surface area contributed by atoms with E-state index in [4.69, 9.17) is 5.73 Å². The molecule has 2 aromatic carbocycles. The first-order valence-corrected chi connectivity index (χ1v) is 9.30. The first-order valence-electron chi connectivity index (χ1n) is 7.40. The quantitative estimate of drug-likeness (QED) is 0.699. The molecule has 0 amide bonds. The Bertz CT molecular complexity index is 1050. The van der Waals surface area contributed by atoms with Gasteiger partial charge in [0, 0.05) is 11.8 Å². The van der Waals surface area contributed by atoms with E-state index in [2.05, 4.69) is 5.10 Å². The van der Waals surface area contributed by atoms with Gasteiger partial charge in [-0.05, 0) is 24.3 Å². The first kappa shape index (κ1) is 20.8. The molecule has 0 saturated heterocycles. The fourth-order valence-corrected chi connectivity index (χ4v) is 3.17. The van der Waals surface area contributed by atoms with E-state index in [1.807, 2.05) is 0 Å². The van der Waals surface area contributed by atoms with Crippen LogP contribution in [-0.4, -0.2) is 24.5 Å². The maximum Gasteiger partial charge on any atom is 0.437 e. The Morgan fingerprint density at radius 2 is 1.56 bits per heavy atom. The maximum atomic E-state index is 13.3. The Morgan fingerprint density at radius 3 is 2.04 bits per heavy atom. The van der Waals surface area contributed by atoms with Gasteiger partial charge in [0.15, 0.2) is 15.5 Å². The summed E-state index contributed by atoms with van der Waals surface area (Å²) in [6.07, 6.45) is -3.67. The topological polar surface area (TPSA) is 78.0 Å². The van der Waals surface area contributed by atoms with Gasteiger partial charge in [0.2, 0.25) is 0 Å². The van der Waals surface area contributed by atoms with Crippen molar-refractivity contribution in [2.24, 2.45) is 0 Å². The van der Waals surface area contributed by atoms with Crippen molar-refractivity contribution in [1.82, 2.24) is 9.78 Å². The van der Waals surface area contributed by atoms with Gasteiger partial charge in [0.05, 0.1) is 22.0 Å². The van der Waals surface area contributed by atoms with E-state index in [-0.39, 0.29) is 28.7 Å². The number of aromatic nitrogens is 2. The van der Waals surface area contributed by atoms with Gasteiger partial charge in [-0.1, -0.05) is 30.3 Å². The van der Waals surface area contributed by atoms with Crippen LogP contribution in [0, 0.1) is 0 Å². The predicted molar refractivity (Wildman–Crippen MR) is 98.8 cm³/mol. The number of nitrogens with two attached hydrogens (primary N) is 1. The molecule has 0 spiro atoms. The van der Waals surface area contributed by atoms with E-state index in [9.17, 15) is 21.6 Å². The molecule has 0 aliphatic heterocycles. The lowest BCUT2D eigenvalue weighted by molar-refractivity contribution is -0.140. The largest absolute Gasteiger partial charge is 0.437 e. The smallest absolute Gasteiger partial charge is 0.395 e. The first-order chi connectivity index (χ1) is 12.1. The summed E-state index contributed by atoms with van der Waals surface area (Å²) < 4.78 is 64.0. The summed E-state index contributed by atoms with van der Waals surface area (Å²) in [5, 5.41) is 3.64. The summed E-state index contributed by atoms with van der Waals surface area (Å²) in [6.45, 7) is 0. The van der Waals surface area contributed by atoms with Crippen LogP contribution >= 0.6 is 12.4 Å². The van der Waals surface area contributed by atoms with Crippen LogP contribution in [0.5, 0.6) is 0 Å². The minimum Gasteiger partial charge on any atom is -0.395 e. The van der Waals surface area contributed by atoms with Crippen LogP contribution in [0.2, 0.25) is 0 Å². The van der Waals surface area contributed by atoms with Crippen LogP contribution in [0.4, 0.5) is 18.9 Å². The zero-order valence-electron chi connectivity index (χ0n) is 13.9. The number of hydrogen-bond acceptors (Lipinski definition) is 4. The molecule has 10 heteroatoms. The van der Waals surface area contributed by atoms with Gasteiger partial charge in [-0.25, -0.2) is 13.1 Å². The molecule has 0 aliphatic rings. The van der Waals surface area contributed by atoms with Gasteiger partial charge in [-0.15, -0.1) is 12.4 Å². The molecule has 0 aliphatic carbocycles. The van der Waals surface area contributed by atoms with Crippen molar-refractivity contribution in [1.29, 1.82) is 0 Å². The molecule has 0 radical (unpaired) electrons. The van der Waals surface area contributed by atoms with Gasteiger partial charge in [-0.2, -0.15) is 18.3 Å². The predicted octanol–water partition coefficient (Wildman–Crippen LogP) is 3.97. The van der Waals surface area contributed by atoms with Crippen molar-refractivity contribution in [2.75, 3.05) is 12.0 Å². The fourth-order valence-electron chi connectivity index (χ4n) is 2.53. The van der Waals surface area contributed by atoms with E-state index >= 15 is 0 Å². The molecule has 1 aromatic heterocycles. The highest BCUT2D eigenvalue weighted by Crippen LogP contribution is 2.39. The highest BCUT2D eigenvalue weighted by atomic mass is 35.5.